The fourth-order valence-electron chi connectivity index (χ4n) is 1.59. The van der Waals surface area contributed by atoms with E-state index in [0.29, 0.717) is 6.54 Å². The zero-order chi connectivity index (χ0) is 15.1. The molecule has 0 atom stereocenters. The Morgan fingerprint density at radius 3 is 2.57 bits per heavy atom. The minimum absolute atomic E-state index is 0.176. The predicted molar refractivity (Wildman–Crippen MR) is 88.3 cm³/mol. The number of halogens is 2. The molecule has 0 saturated heterocycles. The summed E-state index contributed by atoms with van der Waals surface area (Å²) in [4.78, 5) is 12.8. The number of hydrogen-bond donors (Lipinski definition) is 2. The Kier molecular flexibility index (Phi) is 6.07. The lowest BCUT2D eigenvalue weighted by Crippen LogP contribution is -2.30. The van der Waals surface area contributed by atoms with Crippen LogP contribution in [0, 0.1) is 5.82 Å². The fraction of sp³-hybridized carbons (Fsp3) is 0.133. The molecule has 2 aromatic rings. The van der Waals surface area contributed by atoms with Crippen LogP contribution in [-0.2, 0) is 0 Å². The van der Waals surface area contributed by atoms with Crippen molar-refractivity contribution in [1.29, 1.82) is 0 Å². The van der Waals surface area contributed by atoms with Crippen molar-refractivity contribution in [3.63, 3.8) is 0 Å². The molecule has 3 nitrogen and oxygen atoms in total. The first kappa shape index (κ1) is 15.9. The molecule has 2 aromatic carbocycles. The maximum Gasteiger partial charge on any atom is 0.319 e. The summed E-state index contributed by atoms with van der Waals surface area (Å²) in [5.74, 6) is 0.295. The van der Waals surface area contributed by atoms with Gasteiger partial charge in [-0.25, -0.2) is 9.18 Å². The maximum atomic E-state index is 13.3. The van der Waals surface area contributed by atoms with Crippen LogP contribution < -0.4 is 10.6 Å². The SMILES string of the molecule is O=C(NCCSc1ccc(Br)cc1)Nc1ccccc1F. The summed E-state index contributed by atoms with van der Waals surface area (Å²) < 4.78 is 14.4. The number of carbonyl (C=O) groups is 1. The van der Waals surface area contributed by atoms with Crippen molar-refractivity contribution in [2.45, 2.75) is 4.90 Å². The molecule has 2 amide bonds. The first-order valence-electron chi connectivity index (χ1n) is 6.33. The number of amides is 2. The molecule has 0 fully saturated rings. The lowest BCUT2D eigenvalue weighted by molar-refractivity contribution is 0.252. The first-order chi connectivity index (χ1) is 10.1. The highest BCUT2D eigenvalue weighted by atomic mass is 79.9. The number of anilines is 1. The molecule has 0 aliphatic heterocycles. The molecule has 0 unspecified atom stereocenters. The van der Waals surface area contributed by atoms with Crippen molar-refractivity contribution in [3.05, 3.63) is 58.8 Å². The summed E-state index contributed by atoms with van der Waals surface area (Å²) in [7, 11) is 0. The zero-order valence-electron chi connectivity index (χ0n) is 11.1. The van der Waals surface area contributed by atoms with Gasteiger partial charge in [-0.3, -0.25) is 0 Å². The number of rotatable bonds is 5. The van der Waals surface area contributed by atoms with E-state index >= 15 is 0 Å². The summed E-state index contributed by atoms with van der Waals surface area (Å²) in [5.41, 5.74) is 0.176. The van der Waals surface area contributed by atoms with Crippen LogP contribution in [0.5, 0.6) is 0 Å². The third kappa shape index (κ3) is 5.40. The Morgan fingerprint density at radius 2 is 1.86 bits per heavy atom. The van der Waals surface area contributed by atoms with Gasteiger partial charge in [0.25, 0.3) is 0 Å². The summed E-state index contributed by atoms with van der Waals surface area (Å²) in [6.45, 7) is 0.501. The van der Waals surface area contributed by atoms with Crippen LogP contribution in [0.15, 0.2) is 57.9 Å². The molecule has 2 rings (SSSR count). The van der Waals surface area contributed by atoms with Crippen molar-refractivity contribution in [2.75, 3.05) is 17.6 Å². The molecule has 0 bridgehead atoms. The van der Waals surface area contributed by atoms with Crippen LogP contribution in [0.2, 0.25) is 0 Å². The van der Waals surface area contributed by atoms with E-state index < -0.39 is 11.8 Å². The highest BCUT2D eigenvalue weighted by Crippen LogP contribution is 2.20. The number of hydrogen-bond acceptors (Lipinski definition) is 2. The van der Waals surface area contributed by atoms with Gasteiger partial charge in [0.1, 0.15) is 5.82 Å². The van der Waals surface area contributed by atoms with Crippen LogP contribution in [0.25, 0.3) is 0 Å². The normalized spacial score (nSPS) is 10.2. The molecule has 0 radical (unpaired) electrons. The average molecular weight is 369 g/mol. The molecule has 110 valence electrons. The molecule has 0 spiro atoms. The third-order valence-electron chi connectivity index (χ3n) is 2.59. The van der Waals surface area contributed by atoms with Crippen molar-refractivity contribution < 1.29 is 9.18 Å². The quantitative estimate of drug-likeness (QED) is 0.602. The van der Waals surface area contributed by atoms with Crippen LogP contribution >= 0.6 is 27.7 Å². The van der Waals surface area contributed by atoms with Gasteiger partial charge in [0.05, 0.1) is 5.69 Å². The molecule has 21 heavy (non-hydrogen) atoms. The number of carbonyl (C=O) groups excluding carboxylic acids is 1. The topological polar surface area (TPSA) is 41.1 Å². The third-order valence-corrected chi connectivity index (χ3v) is 4.13. The second-order valence-electron chi connectivity index (χ2n) is 4.16. The maximum absolute atomic E-state index is 13.3. The van der Waals surface area contributed by atoms with E-state index in [0.717, 1.165) is 15.1 Å². The zero-order valence-corrected chi connectivity index (χ0v) is 13.5. The van der Waals surface area contributed by atoms with E-state index in [2.05, 4.69) is 26.6 Å². The van der Waals surface area contributed by atoms with Crippen molar-refractivity contribution >= 4 is 39.4 Å². The number of thioether (sulfide) groups is 1. The van der Waals surface area contributed by atoms with E-state index in [-0.39, 0.29) is 5.69 Å². The van der Waals surface area contributed by atoms with Crippen LogP contribution in [0.1, 0.15) is 0 Å². The minimum atomic E-state index is -0.447. The second-order valence-corrected chi connectivity index (χ2v) is 6.25. The van der Waals surface area contributed by atoms with Gasteiger partial charge in [-0.15, -0.1) is 11.8 Å². The number of para-hydroxylation sites is 1. The summed E-state index contributed by atoms with van der Waals surface area (Å²) in [6.07, 6.45) is 0. The first-order valence-corrected chi connectivity index (χ1v) is 8.11. The summed E-state index contributed by atoms with van der Waals surface area (Å²) in [5, 5.41) is 5.17. The smallest absolute Gasteiger partial charge is 0.319 e. The van der Waals surface area contributed by atoms with Crippen LogP contribution in [0.4, 0.5) is 14.9 Å². The van der Waals surface area contributed by atoms with E-state index in [1.165, 1.54) is 12.1 Å². The van der Waals surface area contributed by atoms with E-state index in [1.807, 2.05) is 24.3 Å². The van der Waals surface area contributed by atoms with Gasteiger partial charge >= 0.3 is 6.03 Å². The minimum Gasteiger partial charge on any atom is -0.337 e. The van der Waals surface area contributed by atoms with Gasteiger partial charge in [-0.1, -0.05) is 28.1 Å². The Balaban J connectivity index is 1.70. The Hall–Kier alpha value is -1.53. The van der Waals surface area contributed by atoms with Crippen molar-refractivity contribution in [1.82, 2.24) is 5.32 Å². The Morgan fingerprint density at radius 1 is 1.14 bits per heavy atom. The predicted octanol–water partition coefficient (Wildman–Crippen LogP) is 4.50. The number of nitrogens with one attached hydrogen (secondary N) is 2. The highest BCUT2D eigenvalue weighted by molar-refractivity contribution is 9.10. The van der Waals surface area contributed by atoms with Gasteiger partial charge in [-0.05, 0) is 36.4 Å². The molecule has 0 heterocycles. The average Bonchev–Trinajstić information content (AvgIpc) is 2.48. The molecular formula is C15H14BrFN2OS. The van der Waals surface area contributed by atoms with Gasteiger partial charge in [-0.2, -0.15) is 0 Å². The van der Waals surface area contributed by atoms with E-state index in [9.17, 15) is 9.18 Å². The highest BCUT2D eigenvalue weighted by Gasteiger charge is 2.05. The van der Waals surface area contributed by atoms with Crippen molar-refractivity contribution in [3.8, 4) is 0 Å². The molecule has 0 aromatic heterocycles. The van der Waals surface area contributed by atoms with E-state index in [1.54, 1.807) is 23.9 Å². The fourth-order valence-corrected chi connectivity index (χ4v) is 2.63. The second kappa shape index (κ2) is 8.05. The van der Waals surface area contributed by atoms with Crippen LogP contribution in [-0.4, -0.2) is 18.3 Å². The van der Waals surface area contributed by atoms with E-state index in [4.69, 9.17) is 0 Å². The Bertz CT molecular complexity index is 607. The molecule has 6 heteroatoms. The molecule has 0 aliphatic rings. The van der Waals surface area contributed by atoms with Gasteiger partial charge < -0.3 is 10.6 Å². The lowest BCUT2D eigenvalue weighted by Gasteiger charge is -2.08. The van der Waals surface area contributed by atoms with Crippen LogP contribution in [0.3, 0.4) is 0 Å². The molecular weight excluding hydrogens is 355 g/mol. The Labute approximate surface area is 135 Å². The van der Waals surface area contributed by atoms with Gasteiger partial charge in [0.2, 0.25) is 0 Å². The largest absolute Gasteiger partial charge is 0.337 e. The lowest BCUT2D eigenvalue weighted by atomic mass is 10.3. The number of benzene rings is 2. The van der Waals surface area contributed by atoms with Crippen molar-refractivity contribution in [2.24, 2.45) is 0 Å². The monoisotopic (exact) mass is 368 g/mol. The van der Waals surface area contributed by atoms with Gasteiger partial charge in [0, 0.05) is 21.7 Å². The molecule has 0 saturated carbocycles. The summed E-state index contributed by atoms with van der Waals surface area (Å²) in [6, 6.07) is 13.6. The molecule has 0 aliphatic carbocycles. The molecule has 2 N–H and O–H groups in total. The number of urea groups is 1. The summed E-state index contributed by atoms with van der Waals surface area (Å²) >= 11 is 5.02. The van der Waals surface area contributed by atoms with Gasteiger partial charge in [0.15, 0.2) is 0 Å². The standard InChI is InChI=1S/C15H14BrFN2OS/c16-11-5-7-12(8-6-11)21-10-9-18-15(20)19-14-4-2-1-3-13(14)17/h1-8H,9-10H2,(H2,18,19,20).